The second kappa shape index (κ2) is 2.75. The minimum atomic E-state index is 0.344. The second-order valence-electron chi connectivity index (χ2n) is 3.30. The topological polar surface area (TPSA) is 0 Å². The Hall–Kier alpha value is -0.675. The lowest BCUT2D eigenvalue weighted by Crippen LogP contribution is -2.15. The molecular weight excluding hydrogens is 131 g/mol. The summed E-state index contributed by atoms with van der Waals surface area (Å²) < 4.78 is 0. The minimum absolute atomic E-state index is 0.344. The first kappa shape index (κ1) is 7.00. The highest BCUT2D eigenvalue weighted by Crippen LogP contribution is 2.37. The molecule has 0 nitrogen and oxygen atoms in total. The van der Waals surface area contributed by atoms with Gasteiger partial charge in [-0.25, -0.2) is 0 Å². The quantitative estimate of drug-likeness (QED) is 0.359. The molecule has 0 spiro atoms. The van der Waals surface area contributed by atoms with Crippen LogP contribution in [0.1, 0.15) is 19.3 Å². The smallest absolute Gasteiger partial charge is 0.0712 e. The van der Waals surface area contributed by atoms with Gasteiger partial charge in [-0.1, -0.05) is 24.4 Å². The lowest BCUT2D eigenvalue weighted by molar-refractivity contribution is 0.518. The summed E-state index contributed by atoms with van der Waals surface area (Å²) in [6.07, 6.45) is 9.85. The van der Waals surface area contributed by atoms with Crippen molar-refractivity contribution in [2.75, 3.05) is 0 Å². The SMILES string of the molecule is [B]C1CCCC2=C=CC=CC21. The molecule has 1 saturated carbocycles. The van der Waals surface area contributed by atoms with Crippen LogP contribution in [-0.2, 0) is 0 Å². The van der Waals surface area contributed by atoms with Gasteiger partial charge in [0.2, 0.25) is 0 Å². The summed E-state index contributed by atoms with van der Waals surface area (Å²) in [5.41, 5.74) is 4.68. The van der Waals surface area contributed by atoms with Crippen molar-refractivity contribution < 1.29 is 0 Å². The maximum absolute atomic E-state index is 5.96. The van der Waals surface area contributed by atoms with E-state index in [1.54, 1.807) is 0 Å². The Morgan fingerprint density at radius 2 is 2.45 bits per heavy atom. The van der Waals surface area contributed by atoms with Gasteiger partial charge in [0, 0.05) is 5.92 Å². The van der Waals surface area contributed by atoms with E-state index in [0.29, 0.717) is 11.7 Å². The first-order valence-electron chi connectivity index (χ1n) is 4.26. The van der Waals surface area contributed by atoms with Crippen LogP contribution in [0.5, 0.6) is 0 Å². The molecule has 2 aliphatic carbocycles. The molecule has 0 aliphatic heterocycles. The molecule has 0 saturated heterocycles. The van der Waals surface area contributed by atoms with E-state index in [1.807, 2.05) is 6.08 Å². The first-order chi connectivity index (χ1) is 5.38. The van der Waals surface area contributed by atoms with Gasteiger partial charge >= 0.3 is 0 Å². The van der Waals surface area contributed by atoms with E-state index in [0.717, 1.165) is 0 Å². The summed E-state index contributed by atoms with van der Waals surface area (Å²) in [7, 11) is 5.96. The van der Waals surface area contributed by atoms with Crippen LogP contribution in [0.25, 0.3) is 0 Å². The molecule has 0 aromatic rings. The second-order valence-corrected chi connectivity index (χ2v) is 3.30. The van der Waals surface area contributed by atoms with Gasteiger partial charge in [-0.2, -0.15) is 0 Å². The Balaban J connectivity index is 2.29. The van der Waals surface area contributed by atoms with Crippen LogP contribution in [0.3, 0.4) is 0 Å². The van der Waals surface area contributed by atoms with Crippen molar-refractivity contribution in [1.82, 2.24) is 0 Å². The van der Waals surface area contributed by atoms with E-state index < -0.39 is 0 Å². The van der Waals surface area contributed by atoms with Crippen LogP contribution >= 0.6 is 0 Å². The lowest BCUT2D eigenvalue weighted by atomic mass is 9.65. The fraction of sp³-hybridized carbons (Fsp3) is 0.500. The monoisotopic (exact) mass is 142 g/mol. The predicted molar refractivity (Wildman–Crippen MR) is 47.6 cm³/mol. The van der Waals surface area contributed by atoms with E-state index >= 15 is 0 Å². The Kier molecular flexibility index (Phi) is 1.75. The average molecular weight is 142 g/mol. The van der Waals surface area contributed by atoms with E-state index in [9.17, 15) is 0 Å². The van der Waals surface area contributed by atoms with Gasteiger partial charge in [-0.15, -0.1) is 5.73 Å². The molecule has 1 heteroatoms. The maximum atomic E-state index is 5.96. The van der Waals surface area contributed by atoms with Gasteiger partial charge in [0.15, 0.2) is 0 Å². The zero-order valence-corrected chi connectivity index (χ0v) is 6.59. The molecule has 2 aliphatic rings. The van der Waals surface area contributed by atoms with Crippen molar-refractivity contribution in [1.29, 1.82) is 0 Å². The molecule has 54 valence electrons. The molecule has 0 aromatic carbocycles. The number of hydrogen-bond acceptors (Lipinski definition) is 0. The predicted octanol–water partition coefficient (Wildman–Crippen LogP) is 2.39. The number of rotatable bonds is 0. The van der Waals surface area contributed by atoms with Crippen molar-refractivity contribution in [3.8, 4) is 0 Å². The third-order valence-electron chi connectivity index (χ3n) is 2.53. The summed E-state index contributed by atoms with van der Waals surface area (Å²) in [6, 6.07) is 0. The van der Waals surface area contributed by atoms with Crippen LogP contribution in [0.4, 0.5) is 0 Å². The molecule has 11 heavy (non-hydrogen) atoms. The Labute approximate surface area is 69.1 Å². The van der Waals surface area contributed by atoms with Gasteiger partial charge in [0.25, 0.3) is 0 Å². The van der Waals surface area contributed by atoms with Crippen molar-refractivity contribution in [2.45, 2.75) is 25.1 Å². The molecule has 2 radical (unpaired) electrons. The van der Waals surface area contributed by atoms with Crippen molar-refractivity contribution in [2.24, 2.45) is 5.92 Å². The molecule has 0 amide bonds. The summed E-state index contributed by atoms with van der Waals surface area (Å²) in [6.45, 7) is 0. The van der Waals surface area contributed by atoms with Gasteiger partial charge in [0.05, 0.1) is 7.85 Å². The van der Waals surface area contributed by atoms with Crippen LogP contribution in [-0.4, -0.2) is 7.85 Å². The van der Waals surface area contributed by atoms with Gasteiger partial charge in [-0.3, -0.25) is 0 Å². The largest absolute Gasteiger partial charge is 0.121 e. The van der Waals surface area contributed by atoms with Crippen LogP contribution < -0.4 is 0 Å². The number of hydrogen-bond donors (Lipinski definition) is 0. The highest BCUT2D eigenvalue weighted by Gasteiger charge is 2.23. The van der Waals surface area contributed by atoms with Crippen molar-refractivity contribution in [3.05, 3.63) is 29.5 Å². The standard InChI is InChI=1S/C10H11B/c11-10-7-3-5-8-4-1-2-6-9(8)10/h1-2,6,9-10H,3,5,7H2. The number of fused-ring (bicyclic) bond motifs is 1. The average Bonchev–Trinajstić information content (AvgIpc) is 2.06. The molecule has 2 rings (SSSR count). The maximum Gasteiger partial charge on any atom is 0.0712 e. The molecule has 0 aromatic heterocycles. The summed E-state index contributed by atoms with van der Waals surface area (Å²) in [4.78, 5) is 0. The van der Waals surface area contributed by atoms with Crippen molar-refractivity contribution >= 4 is 7.85 Å². The Morgan fingerprint density at radius 1 is 1.55 bits per heavy atom. The molecule has 0 N–H and O–H groups in total. The van der Waals surface area contributed by atoms with Crippen molar-refractivity contribution in [3.63, 3.8) is 0 Å². The lowest BCUT2D eigenvalue weighted by Gasteiger charge is -2.29. The van der Waals surface area contributed by atoms with E-state index in [2.05, 4.69) is 17.9 Å². The van der Waals surface area contributed by atoms with Crippen LogP contribution in [0.15, 0.2) is 29.5 Å². The Bertz CT molecular complexity index is 244. The molecule has 0 heterocycles. The summed E-state index contributed by atoms with van der Waals surface area (Å²) in [5.74, 6) is 0.838. The highest BCUT2D eigenvalue weighted by atomic mass is 14.2. The third kappa shape index (κ3) is 1.21. The summed E-state index contributed by atoms with van der Waals surface area (Å²) >= 11 is 0. The van der Waals surface area contributed by atoms with Crippen LogP contribution in [0.2, 0.25) is 5.82 Å². The van der Waals surface area contributed by atoms with Gasteiger partial charge in [-0.05, 0) is 24.5 Å². The first-order valence-corrected chi connectivity index (χ1v) is 4.26. The fourth-order valence-electron chi connectivity index (χ4n) is 1.89. The third-order valence-corrected chi connectivity index (χ3v) is 2.53. The van der Waals surface area contributed by atoms with Crippen LogP contribution in [0, 0.1) is 5.92 Å². The van der Waals surface area contributed by atoms with E-state index in [1.165, 1.54) is 24.8 Å². The Morgan fingerprint density at radius 3 is 3.27 bits per heavy atom. The zero-order valence-electron chi connectivity index (χ0n) is 6.59. The van der Waals surface area contributed by atoms with Gasteiger partial charge in [0.1, 0.15) is 0 Å². The van der Waals surface area contributed by atoms with E-state index in [4.69, 9.17) is 7.85 Å². The molecular formula is C10H11B. The fourth-order valence-corrected chi connectivity index (χ4v) is 1.89. The molecule has 2 unspecified atom stereocenters. The summed E-state index contributed by atoms with van der Waals surface area (Å²) in [5, 5.41) is 0. The minimum Gasteiger partial charge on any atom is -0.121 e. The molecule has 1 fully saturated rings. The molecule has 0 bridgehead atoms. The highest BCUT2D eigenvalue weighted by molar-refractivity contribution is 6.12. The van der Waals surface area contributed by atoms with Gasteiger partial charge < -0.3 is 0 Å². The normalized spacial score (nSPS) is 34.7. The zero-order chi connectivity index (χ0) is 7.68. The molecule has 2 atom stereocenters. The number of allylic oxidation sites excluding steroid dienone is 3. The van der Waals surface area contributed by atoms with E-state index in [-0.39, 0.29) is 0 Å².